The van der Waals surface area contributed by atoms with E-state index in [0.29, 0.717) is 6.54 Å². The van der Waals surface area contributed by atoms with E-state index in [2.05, 4.69) is 15.6 Å². The lowest BCUT2D eigenvalue weighted by Gasteiger charge is -2.15. The fourth-order valence-electron chi connectivity index (χ4n) is 1.66. The minimum atomic E-state index is -3.19. The molecule has 1 aromatic heterocycles. The average molecular weight is 307 g/mol. The summed E-state index contributed by atoms with van der Waals surface area (Å²) >= 11 is 0. The molecule has 0 bridgehead atoms. The van der Waals surface area contributed by atoms with Crippen LogP contribution in [-0.4, -0.2) is 38.0 Å². The standard InChI is InChI=1S/C12H19F2N3O2S/c1-4-5-15-11-9(13)6-10(14)12(17-11)16-8(2)7-20(3,18)19/h6,8H,4-5,7H2,1-3H3,(H2,15,16,17). The molecule has 0 saturated heterocycles. The molecule has 1 aromatic rings. The fraction of sp³-hybridized carbons (Fsp3) is 0.583. The van der Waals surface area contributed by atoms with Gasteiger partial charge in [0.25, 0.3) is 0 Å². The van der Waals surface area contributed by atoms with Gasteiger partial charge in [-0.3, -0.25) is 0 Å². The van der Waals surface area contributed by atoms with Crippen LogP contribution in [0, 0.1) is 11.6 Å². The van der Waals surface area contributed by atoms with E-state index in [4.69, 9.17) is 0 Å². The molecule has 1 rings (SSSR count). The van der Waals surface area contributed by atoms with Crippen LogP contribution in [0.1, 0.15) is 20.3 Å². The molecular formula is C12H19F2N3O2S. The van der Waals surface area contributed by atoms with Crippen molar-refractivity contribution in [3.8, 4) is 0 Å². The molecular weight excluding hydrogens is 288 g/mol. The maximum atomic E-state index is 13.6. The number of rotatable bonds is 7. The van der Waals surface area contributed by atoms with Gasteiger partial charge in [-0.05, 0) is 13.3 Å². The highest BCUT2D eigenvalue weighted by Gasteiger charge is 2.16. The van der Waals surface area contributed by atoms with Gasteiger partial charge in [-0.25, -0.2) is 22.2 Å². The van der Waals surface area contributed by atoms with Gasteiger partial charge in [0.2, 0.25) is 0 Å². The summed E-state index contributed by atoms with van der Waals surface area (Å²) in [6.45, 7) is 4.00. The maximum absolute atomic E-state index is 13.6. The van der Waals surface area contributed by atoms with Crippen LogP contribution in [0.5, 0.6) is 0 Å². The topological polar surface area (TPSA) is 71.1 Å². The second-order valence-electron chi connectivity index (χ2n) is 4.71. The zero-order valence-electron chi connectivity index (χ0n) is 11.7. The first-order valence-electron chi connectivity index (χ1n) is 6.27. The number of halogens is 2. The van der Waals surface area contributed by atoms with Crippen molar-refractivity contribution in [1.29, 1.82) is 0 Å². The molecule has 0 aliphatic rings. The molecule has 0 spiro atoms. The molecule has 0 saturated carbocycles. The minimum absolute atomic E-state index is 0.0534. The van der Waals surface area contributed by atoms with E-state index in [0.717, 1.165) is 18.7 Å². The maximum Gasteiger partial charge on any atom is 0.168 e. The van der Waals surface area contributed by atoms with E-state index in [9.17, 15) is 17.2 Å². The Morgan fingerprint density at radius 1 is 1.30 bits per heavy atom. The Balaban J connectivity index is 2.88. The first kappa shape index (κ1) is 16.6. The smallest absolute Gasteiger partial charge is 0.168 e. The first-order chi connectivity index (χ1) is 9.23. The Hall–Kier alpha value is -1.44. The number of anilines is 2. The van der Waals surface area contributed by atoms with Crippen molar-refractivity contribution in [2.45, 2.75) is 26.3 Å². The monoisotopic (exact) mass is 307 g/mol. The largest absolute Gasteiger partial charge is 0.368 e. The lowest BCUT2D eigenvalue weighted by molar-refractivity contribution is 0.574. The van der Waals surface area contributed by atoms with Gasteiger partial charge >= 0.3 is 0 Å². The molecule has 1 heterocycles. The van der Waals surface area contributed by atoms with Gasteiger partial charge < -0.3 is 10.6 Å². The van der Waals surface area contributed by atoms with Crippen molar-refractivity contribution in [3.05, 3.63) is 17.7 Å². The third-order valence-electron chi connectivity index (χ3n) is 2.41. The van der Waals surface area contributed by atoms with Gasteiger partial charge in [0.1, 0.15) is 9.84 Å². The lowest BCUT2D eigenvalue weighted by Crippen LogP contribution is -2.26. The number of pyridine rings is 1. The molecule has 0 amide bonds. The number of aromatic nitrogens is 1. The van der Waals surface area contributed by atoms with Crippen LogP contribution in [0.25, 0.3) is 0 Å². The van der Waals surface area contributed by atoms with E-state index in [1.165, 1.54) is 0 Å². The van der Waals surface area contributed by atoms with Gasteiger partial charge in [-0.2, -0.15) is 0 Å². The number of sulfone groups is 1. The number of nitrogens with one attached hydrogen (secondary N) is 2. The summed E-state index contributed by atoms with van der Waals surface area (Å²) < 4.78 is 49.4. The van der Waals surface area contributed by atoms with Crippen LogP contribution >= 0.6 is 0 Å². The van der Waals surface area contributed by atoms with Crippen LogP contribution in [0.4, 0.5) is 20.4 Å². The zero-order valence-corrected chi connectivity index (χ0v) is 12.5. The third kappa shape index (κ3) is 5.28. The fourth-order valence-corrected chi connectivity index (χ4v) is 2.66. The predicted octanol–water partition coefficient (Wildman–Crippen LogP) is 2.03. The van der Waals surface area contributed by atoms with Crippen molar-refractivity contribution in [2.24, 2.45) is 0 Å². The number of nitrogens with zero attached hydrogens (tertiary/aromatic N) is 1. The van der Waals surface area contributed by atoms with Gasteiger partial charge in [-0.1, -0.05) is 6.92 Å². The molecule has 20 heavy (non-hydrogen) atoms. The van der Waals surface area contributed by atoms with Crippen molar-refractivity contribution >= 4 is 21.5 Å². The van der Waals surface area contributed by atoms with E-state index in [-0.39, 0.29) is 17.4 Å². The van der Waals surface area contributed by atoms with Crippen LogP contribution in [0.15, 0.2) is 6.07 Å². The van der Waals surface area contributed by atoms with Gasteiger partial charge in [0.05, 0.1) is 5.75 Å². The molecule has 0 fully saturated rings. The summed E-state index contributed by atoms with van der Waals surface area (Å²) in [5, 5.41) is 5.38. The zero-order chi connectivity index (χ0) is 15.3. The molecule has 1 atom stereocenters. The van der Waals surface area contributed by atoms with Crippen LogP contribution in [-0.2, 0) is 9.84 Å². The SMILES string of the molecule is CCCNc1nc(NC(C)CS(C)(=O)=O)c(F)cc1F. The number of hydrogen-bond acceptors (Lipinski definition) is 5. The number of hydrogen-bond donors (Lipinski definition) is 2. The Morgan fingerprint density at radius 2 is 1.90 bits per heavy atom. The molecule has 1 unspecified atom stereocenters. The Bertz CT molecular complexity index is 564. The molecule has 8 heteroatoms. The molecule has 5 nitrogen and oxygen atoms in total. The van der Waals surface area contributed by atoms with Gasteiger partial charge in [0.15, 0.2) is 23.3 Å². The summed E-state index contributed by atoms with van der Waals surface area (Å²) in [7, 11) is -3.19. The third-order valence-corrected chi connectivity index (χ3v) is 3.51. The van der Waals surface area contributed by atoms with Crippen molar-refractivity contribution in [2.75, 3.05) is 29.2 Å². The molecule has 2 N–H and O–H groups in total. The highest BCUT2D eigenvalue weighted by molar-refractivity contribution is 7.90. The summed E-state index contributed by atoms with van der Waals surface area (Å²) in [4.78, 5) is 3.81. The summed E-state index contributed by atoms with van der Waals surface area (Å²) in [5.74, 6) is -2.02. The summed E-state index contributed by atoms with van der Waals surface area (Å²) in [6, 6.07) is 0.192. The van der Waals surface area contributed by atoms with Crippen LogP contribution in [0.3, 0.4) is 0 Å². The van der Waals surface area contributed by atoms with E-state index < -0.39 is 27.5 Å². The lowest BCUT2D eigenvalue weighted by atomic mass is 10.3. The molecule has 0 aromatic carbocycles. The summed E-state index contributed by atoms with van der Waals surface area (Å²) in [5.41, 5.74) is 0. The Labute approximate surface area is 117 Å². The second kappa shape index (κ2) is 6.83. The van der Waals surface area contributed by atoms with E-state index in [1.54, 1.807) is 6.92 Å². The Morgan fingerprint density at radius 3 is 2.45 bits per heavy atom. The second-order valence-corrected chi connectivity index (χ2v) is 6.90. The molecule has 0 aliphatic carbocycles. The predicted molar refractivity (Wildman–Crippen MR) is 75.7 cm³/mol. The minimum Gasteiger partial charge on any atom is -0.368 e. The van der Waals surface area contributed by atoms with Crippen LogP contribution in [0.2, 0.25) is 0 Å². The quantitative estimate of drug-likeness (QED) is 0.806. The highest BCUT2D eigenvalue weighted by atomic mass is 32.2. The molecule has 114 valence electrons. The van der Waals surface area contributed by atoms with Crippen molar-refractivity contribution < 1.29 is 17.2 Å². The molecule has 0 radical (unpaired) electrons. The van der Waals surface area contributed by atoms with Crippen molar-refractivity contribution in [3.63, 3.8) is 0 Å². The first-order valence-corrected chi connectivity index (χ1v) is 8.33. The highest BCUT2D eigenvalue weighted by Crippen LogP contribution is 2.19. The average Bonchev–Trinajstić information content (AvgIpc) is 2.28. The summed E-state index contributed by atoms with van der Waals surface area (Å²) in [6.07, 6.45) is 1.86. The van der Waals surface area contributed by atoms with Crippen LogP contribution < -0.4 is 10.6 Å². The molecule has 0 aliphatic heterocycles. The van der Waals surface area contributed by atoms with E-state index in [1.807, 2.05) is 6.92 Å². The van der Waals surface area contributed by atoms with Gasteiger partial charge in [0, 0.05) is 24.9 Å². The van der Waals surface area contributed by atoms with E-state index >= 15 is 0 Å². The normalized spacial score (nSPS) is 13.1. The Kier molecular flexibility index (Phi) is 5.67. The van der Waals surface area contributed by atoms with Crippen molar-refractivity contribution in [1.82, 2.24) is 4.98 Å². The van der Waals surface area contributed by atoms with Gasteiger partial charge in [-0.15, -0.1) is 0 Å².